The highest BCUT2D eigenvalue weighted by atomic mass is 16.2. The highest BCUT2D eigenvalue weighted by Crippen LogP contribution is 2.31. The lowest BCUT2D eigenvalue weighted by atomic mass is 10.00. The third-order valence-electron chi connectivity index (χ3n) is 6.42. The van der Waals surface area contributed by atoms with Gasteiger partial charge in [-0.15, -0.1) is 0 Å². The standard InChI is InChI=1S/C28H25N3O4/c32-25(13-7-17-31-27(34)22-11-4-5-12-23(22)28(31)35)29-21-15-14-19-10-6-16-30(24(19)18-21)26(33)20-8-2-1-3-9-20/h1-5,8-9,11-12,14-15,18H,6-7,10,13,16-17H2,(H,29,32). The van der Waals surface area contributed by atoms with E-state index in [1.807, 2.05) is 36.4 Å². The summed E-state index contributed by atoms with van der Waals surface area (Å²) in [7, 11) is 0. The summed E-state index contributed by atoms with van der Waals surface area (Å²) >= 11 is 0. The fourth-order valence-corrected chi connectivity index (χ4v) is 4.66. The van der Waals surface area contributed by atoms with Crippen LogP contribution in [0.3, 0.4) is 0 Å². The molecular weight excluding hydrogens is 442 g/mol. The van der Waals surface area contributed by atoms with E-state index in [1.165, 1.54) is 4.90 Å². The second-order valence-electron chi connectivity index (χ2n) is 8.73. The number of nitrogens with one attached hydrogen (secondary N) is 1. The van der Waals surface area contributed by atoms with Gasteiger partial charge in [-0.1, -0.05) is 36.4 Å². The van der Waals surface area contributed by atoms with Gasteiger partial charge in [-0.25, -0.2) is 0 Å². The molecule has 3 aromatic rings. The lowest BCUT2D eigenvalue weighted by Gasteiger charge is -2.30. The Morgan fingerprint density at radius 2 is 1.54 bits per heavy atom. The van der Waals surface area contributed by atoms with Gasteiger partial charge in [0.1, 0.15) is 0 Å². The van der Waals surface area contributed by atoms with Crippen LogP contribution in [0, 0.1) is 0 Å². The molecule has 35 heavy (non-hydrogen) atoms. The fraction of sp³-hybridized carbons (Fsp3) is 0.214. The molecule has 0 bridgehead atoms. The van der Waals surface area contributed by atoms with Gasteiger partial charge in [0.05, 0.1) is 11.1 Å². The maximum atomic E-state index is 13.1. The predicted molar refractivity (Wildman–Crippen MR) is 133 cm³/mol. The molecule has 0 atom stereocenters. The first-order valence-corrected chi connectivity index (χ1v) is 11.8. The molecule has 3 aromatic carbocycles. The van der Waals surface area contributed by atoms with E-state index in [9.17, 15) is 19.2 Å². The second kappa shape index (κ2) is 9.54. The topological polar surface area (TPSA) is 86.8 Å². The van der Waals surface area contributed by atoms with Crippen LogP contribution in [-0.2, 0) is 11.2 Å². The third-order valence-corrected chi connectivity index (χ3v) is 6.42. The number of imide groups is 1. The minimum Gasteiger partial charge on any atom is -0.326 e. The third kappa shape index (κ3) is 4.45. The molecule has 4 amide bonds. The van der Waals surface area contributed by atoms with Gasteiger partial charge >= 0.3 is 0 Å². The molecule has 1 N–H and O–H groups in total. The van der Waals surface area contributed by atoms with Crippen molar-refractivity contribution in [3.8, 4) is 0 Å². The van der Waals surface area contributed by atoms with Crippen molar-refractivity contribution < 1.29 is 19.2 Å². The SMILES string of the molecule is O=C(CCCN1C(=O)c2ccccc2C1=O)Nc1ccc2c(c1)N(C(=O)c1ccccc1)CCC2. The predicted octanol–water partition coefficient (Wildman–Crippen LogP) is 4.29. The first kappa shape index (κ1) is 22.5. The minimum absolute atomic E-state index is 0.0593. The Balaban J connectivity index is 1.21. The molecule has 2 aliphatic rings. The summed E-state index contributed by atoms with van der Waals surface area (Å²) in [5.41, 5.74) is 3.94. The summed E-state index contributed by atoms with van der Waals surface area (Å²) in [4.78, 5) is 53.6. The molecule has 5 rings (SSSR count). The number of anilines is 2. The van der Waals surface area contributed by atoms with Crippen LogP contribution in [0.4, 0.5) is 11.4 Å². The van der Waals surface area contributed by atoms with Crippen molar-refractivity contribution in [2.45, 2.75) is 25.7 Å². The molecule has 0 saturated carbocycles. The van der Waals surface area contributed by atoms with Crippen LogP contribution in [0.5, 0.6) is 0 Å². The van der Waals surface area contributed by atoms with Gasteiger partial charge in [0.15, 0.2) is 0 Å². The van der Waals surface area contributed by atoms with Crippen molar-refractivity contribution in [3.63, 3.8) is 0 Å². The Kier molecular flexibility index (Phi) is 6.14. The summed E-state index contributed by atoms with van der Waals surface area (Å²) in [6, 6.07) is 21.6. The summed E-state index contributed by atoms with van der Waals surface area (Å²) in [6.45, 7) is 0.807. The number of carbonyl (C=O) groups excluding carboxylic acids is 4. The average molecular weight is 468 g/mol. The summed E-state index contributed by atoms with van der Waals surface area (Å²) in [5, 5.41) is 2.89. The zero-order valence-electron chi connectivity index (χ0n) is 19.2. The number of fused-ring (bicyclic) bond motifs is 2. The molecule has 176 valence electrons. The number of benzene rings is 3. The van der Waals surface area contributed by atoms with Crippen molar-refractivity contribution in [2.24, 2.45) is 0 Å². The van der Waals surface area contributed by atoms with E-state index in [0.717, 1.165) is 24.1 Å². The molecule has 2 aliphatic heterocycles. The fourth-order valence-electron chi connectivity index (χ4n) is 4.66. The zero-order chi connectivity index (χ0) is 24.4. The van der Waals surface area contributed by atoms with Gasteiger partial charge in [-0.2, -0.15) is 0 Å². The van der Waals surface area contributed by atoms with Gasteiger partial charge in [0.25, 0.3) is 17.7 Å². The van der Waals surface area contributed by atoms with Crippen molar-refractivity contribution >= 4 is 35.0 Å². The number of nitrogens with zero attached hydrogens (tertiary/aromatic N) is 2. The molecule has 0 spiro atoms. The molecule has 7 nitrogen and oxygen atoms in total. The number of hydrogen-bond acceptors (Lipinski definition) is 4. The van der Waals surface area contributed by atoms with Crippen molar-refractivity contribution in [2.75, 3.05) is 23.3 Å². The lowest BCUT2D eigenvalue weighted by Crippen LogP contribution is -2.35. The molecule has 0 aromatic heterocycles. The zero-order valence-corrected chi connectivity index (χ0v) is 19.2. The Morgan fingerprint density at radius 1 is 0.857 bits per heavy atom. The lowest BCUT2D eigenvalue weighted by molar-refractivity contribution is -0.116. The van der Waals surface area contributed by atoms with E-state index in [0.29, 0.717) is 35.3 Å². The average Bonchev–Trinajstić information content (AvgIpc) is 3.13. The van der Waals surface area contributed by atoms with Crippen molar-refractivity contribution in [1.29, 1.82) is 0 Å². The van der Waals surface area contributed by atoms with Gasteiger partial charge < -0.3 is 10.2 Å². The maximum Gasteiger partial charge on any atom is 0.261 e. The smallest absolute Gasteiger partial charge is 0.261 e. The first-order chi connectivity index (χ1) is 17.0. The molecule has 0 saturated heterocycles. The van der Waals surface area contributed by atoms with E-state index in [1.54, 1.807) is 41.3 Å². The van der Waals surface area contributed by atoms with E-state index in [-0.39, 0.29) is 36.6 Å². The molecule has 0 fully saturated rings. The number of rotatable bonds is 6. The van der Waals surface area contributed by atoms with Gasteiger partial charge in [0, 0.05) is 36.4 Å². The van der Waals surface area contributed by atoms with Crippen molar-refractivity contribution in [3.05, 3.63) is 95.1 Å². The van der Waals surface area contributed by atoms with Crippen LogP contribution in [-0.4, -0.2) is 41.6 Å². The monoisotopic (exact) mass is 467 g/mol. The van der Waals surface area contributed by atoms with E-state index in [2.05, 4.69) is 5.32 Å². The Labute approximate surface area is 203 Å². The Morgan fingerprint density at radius 3 is 2.26 bits per heavy atom. The highest BCUT2D eigenvalue weighted by molar-refractivity contribution is 6.21. The van der Waals surface area contributed by atoms with E-state index in [4.69, 9.17) is 0 Å². The number of hydrogen-bond donors (Lipinski definition) is 1. The molecule has 7 heteroatoms. The quantitative estimate of drug-likeness (QED) is 0.548. The Hall–Kier alpha value is -4.26. The molecule has 0 aliphatic carbocycles. The molecular formula is C28H25N3O4. The highest BCUT2D eigenvalue weighted by Gasteiger charge is 2.34. The largest absolute Gasteiger partial charge is 0.326 e. The summed E-state index contributed by atoms with van der Waals surface area (Å²) in [6.07, 6.45) is 2.29. The van der Waals surface area contributed by atoms with Crippen LogP contribution in [0.15, 0.2) is 72.8 Å². The normalized spacial score (nSPS) is 14.5. The van der Waals surface area contributed by atoms with Crippen LogP contribution < -0.4 is 10.2 Å². The number of carbonyl (C=O) groups is 4. The van der Waals surface area contributed by atoms with E-state index >= 15 is 0 Å². The van der Waals surface area contributed by atoms with Crippen LogP contribution >= 0.6 is 0 Å². The number of amides is 4. The molecule has 2 heterocycles. The van der Waals surface area contributed by atoms with E-state index < -0.39 is 0 Å². The van der Waals surface area contributed by atoms with Crippen LogP contribution in [0.1, 0.15) is 55.9 Å². The van der Waals surface area contributed by atoms with Gasteiger partial charge in [0.2, 0.25) is 5.91 Å². The molecule has 0 radical (unpaired) electrons. The second-order valence-corrected chi connectivity index (χ2v) is 8.73. The van der Waals surface area contributed by atoms with Crippen LogP contribution in [0.2, 0.25) is 0 Å². The number of aryl methyl sites for hydroxylation is 1. The first-order valence-electron chi connectivity index (χ1n) is 11.8. The molecule has 0 unspecified atom stereocenters. The van der Waals surface area contributed by atoms with Crippen LogP contribution in [0.25, 0.3) is 0 Å². The van der Waals surface area contributed by atoms with Gasteiger partial charge in [-0.3, -0.25) is 24.1 Å². The summed E-state index contributed by atoms with van der Waals surface area (Å²) in [5.74, 6) is -0.901. The van der Waals surface area contributed by atoms with Gasteiger partial charge in [-0.05, 0) is 61.2 Å². The Bertz CT molecular complexity index is 1280. The maximum absolute atomic E-state index is 13.1. The van der Waals surface area contributed by atoms with Crippen molar-refractivity contribution in [1.82, 2.24) is 4.90 Å². The summed E-state index contributed by atoms with van der Waals surface area (Å²) < 4.78 is 0. The minimum atomic E-state index is -0.316.